The Hall–Kier alpha value is -1.08. The fourth-order valence-electron chi connectivity index (χ4n) is 2.99. The molecule has 1 fully saturated rings. The molecule has 1 saturated heterocycles. The predicted molar refractivity (Wildman–Crippen MR) is 101 cm³/mol. The number of halogens is 2. The molecule has 0 radical (unpaired) electrons. The van der Waals surface area contributed by atoms with Gasteiger partial charge in [-0.3, -0.25) is 4.79 Å². The van der Waals surface area contributed by atoms with Gasteiger partial charge in [0.15, 0.2) is 10.8 Å². The second kappa shape index (κ2) is 8.85. The van der Waals surface area contributed by atoms with Gasteiger partial charge in [-0.1, -0.05) is 0 Å². The first-order valence-electron chi connectivity index (χ1n) is 7.66. The molecular weight excluding hydrogens is 369 g/mol. The van der Waals surface area contributed by atoms with Crippen LogP contribution in [0.25, 0.3) is 10.8 Å². The van der Waals surface area contributed by atoms with Gasteiger partial charge in [0.1, 0.15) is 5.69 Å². The van der Waals surface area contributed by atoms with Crippen LogP contribution in [0.4, 0.5) is 0 Å². The number of carbonyl (C=O) groups is 1. The molecule has 1 amide bonds. The Balaban J connectivity index is 0.00000144. The Kier molecular flexibility index (Phi) is 7.73. The number of rotatable bonds is 3. The van der Waals surface area contributed by atoms with Crippen LogP contribution in [0.3, 0.4) is 0 Å². The minimum atomic E-state index is -0.0206. The quantitative estimate of drug-likeness (QED) is 0.860. The number of thiazole rings is 1. The molecule has 2 atom stereocenters. The number of aryl methyl sites for hydroxylation is 1. The largest absolute Gasteiger partial charge is 0.462 e. The van der Waals surface area contributed by atoms with E-state index in [0.717, 1.165) is 35.7 Å². The Morgan fingerprint density at radius 1 is 1.46 bits per heavy atom. The number of aromatic nitrogens is 1. The maximum absolute atomic E-state index is 12.9. The van der Waals surface area contributed by atoms with E-state index in [1.165, 1.54) is 11.3 Å². The first-order chi connectivity index (χ1) is 10.6. The molecule has 0 aromatic carbocycles. The minimum Gasteiger partial charge on any atom is -0.462 e. The van der Waals surface area contributed by atoms with Gasteiger partial charge in [-0.25, -0.2) is 4.98 Å². The molecule has 2 unspecified atom stereocenters. The van der Waals surface area contributed by atoms with Crippen LogP contribution >= 0.6 is 36.2 Å². The fourth-order valence-corrected chi connectivity index (χ4v) is 3.87. The predicted octanol–water partition coefficient (Wildman–Crippen LogP) is 3.90. The van der Waals surface area contributed by atoms with E-state index >= 15 is 0 Å². The lowest BCUT2D eigenvalue weighted by Crippen LogP contribution is -2.51. The molecule has 0 spiro atoms. The summed E-state index contributed by atoms with van der Waals surface area (Å²) in [5.41, 5.74) is 6.60. The van der Waals surface area contributed by atoms with Crippen molar-refractivity contribution in [3.8, 4) is 10.8 Å². The monoisotopic (exact) mass is 391 g/mol. The summed E-state index contributed by atoms with van der Waals surface area (Å²) in [5.74, 6) is 0.697. The van der Waals surface area contributed by atoms with Gasteiger partial charge in [-0.2, -0.15) is 0 Å². The summed E-state index contributed by atoms with van der Waals surface area (Å²) in [6.45, 7) is 4.67. The van der Waals surface area contributed by atoms with Crippen LogP contribution in [-0.4, -0.2) is 34.4 Å². The van der Waals surface area contributed by atoms with Crippen molar-refractivity contribution in [3.63, 3.8) is 0 Å². The first-order valence-corrected chi connectivity index (χ1v) is 8.47. The molecule has 2 aromatic heterocycles. The smallest absolute Gasteiger partial charge is 0.273 e. The van der Waals surface area contributed by atoms with E-state index in [4.69, 9.17) is 10.2 Å². The highest BCUT2D eigenvalue weighted by Gasteiger charge is 2.32. The summed E-state index contributed by atoms with van der Waals surface area (Å²) < 4.78 is 5.38. The van der Waals surface area contributed by atoms with Gasteiger partial charge in [-0.15, -0.1) is 36.2 Å². The van der Waals surface area contributed by atoms with E-state index in [-0.39, 0.29) is 42.8 Å². The zero-order chi connectivity index (χ0) is 15.7. The molecule has 0 saturated carbocycles. The number of likely N-dealkylation sites (tertiary alicyclic amines) is 1. The van der Waals surface area contributed by atoms with Crippen molar-refractivity contribution in [2.45, 2.75) is 45.2 Å². The number of piperidine rings is 1. The summed E-state index contributed by atoms with van der Waals surface area (Å²) >= 11 is 1.49. The molecule has 3 heterocycles. The second-order valence-electron chi connectivity index (χ2n) is 5.82. The molecule has 1 aliphatic heterocycles. The first kappa shape index (κ1) is 21.0. The third kappa shape index (κ3) is 4.11. The number of carbonyl (C=O) groups excluding carboxylic acids is 1. The number of hydrogen-bond acceptors (Lipinski definition) is 5. The van der Waals surface area contributed by atoms with Crippen LogP contribution in [0.15, 0.2) is 22.8 Å². The summed E-state index contributed by atoms with van der Waals surface area (Å²) in [6.07, 6.45) is 4.74. The van der Waals surface area contributed by atoms with Crippen molar-refractivity contribution < 1.29 is 9.21 Å². The summed E-state index contributed by atoms with van der Waals surface area (Å²) in [4.78, 5) is 20.2. The minimum absolute atomic E-state index is 0. The number of hydrogen-bond donors (Lipinski definition) is 1. The molecule has 2 aromatic rings. The Bertz CT molecular complexity index is 658. The molecule has 0 aliphatic carbocycles. The van der Waals surface area contributed by atoms with Gasteiger partial charge in [0.2, 0.25) is 0 Å². The SMILES string of the molecule is Cc1sc(-c2ccco2)nc1C(=O)N1CCCCC1C(C)N.Cl.Cl. The molecular formula is C16H23Cl2N3O2S. The van der Waals surface area contributed by atoms with Gasteiger partial charge in [0.05, 0.1) is 6.26 Å². The van der Waals surface area contributed by atoms with Gasteiger partial charge in [0.25, 0.3) is 5.91 Å². The summed E-state index contributed by atoms with van der Waals surface area (Å²) in [5, 5.41) is 0.750. The van der Waals surface area contributed by atoms with E-state index in [1.54, 1.807) is 6.26 Å². The van der Waals surface area contributed by atoms with Crippen LogP contribution in [-0.2, 0) is 0 Å². The summed E-state index contributed by atoms with van der Waals surface area (Å²) in [7, 11) is 0. The number of furan rings is 1. The van der Waals surface area contributed by atoms with Gasteiger partial charge in [-0.05, 0) is 45.2 Å². The zero-order valence-corrected chi connectivity index (χ0v) is 16.2. The average Bonchev–Trinajstić information content (AvgIpc) is 3.15. The van der Waals surface area contributed by atoms with Gasteiger partial charge in [0, 0.05) is 23.5 Å². The standard InChI is InChI=1S/C16H21N3O2S.2ClH/c1-10(17)12-6-3-4-8-19(12)16(20)14-11(2)22-15(18-14)13-7-5-9-21-13;;/h5,7,9-10,12H,3-4,6,8,17H2,1-2H3;2*1H. The average molecular weight is 392 g/mol. The number of nitrogens with zero attached hydrogens (tertiary/aromatic N) is 2. The third-order valence-electron chi connectivity index (χ3n) is 4.15. The highest BCUT2D eigenvalue weighted by molar-refractivity contribution is 7.15. The highest BCUT2D eigenvalue weighted by Crippen LogP contribution is 2.30. The Morgan fingerprint density at radius 3 is 2.83 bits per heavy atom. The second-order valence-corrected chi connectivity index (χ2v) is 7.03. The van der Waals surface area contributed by atoms with E-state index in [2.05, 4.69) is 4.98 Å². The zero-order valence-electron chi connectivity index (χ0n) is 13.7. The van der Waals surface area contributed by atoms with E-state index < -0.39 is 0 Å². The molecule has 8 heteroatoms. The van der Waals surface area contributed by atoms with Crippen molar-refractivity contribution in [1.29, 1.82) is 0 Å². The number of nitrogens with two attached hydrogens (primary N) is 1. The Labute approximate surface area is 158 Å². The van der Waals surface area contributed by atoms with Crippen LogP contribution in [0.5, 0.6) is 0 Å². The van der Waals surface area contributed by atoms with Crippen molar-refractivity contribution in [2.24, 2.45) is 5.73 Å². The normalized spacial score (nSPS) is 18.5. The third-order valence-corrected chi connectivity index (χ3v) is 5.13. The molecule has 134 valence electrons. The molecule has 1 aliphatic rings. The lowest BCUT2D eigenvalue weighted by Gasteiger charge is -2.37. The Morgan fingerprint density at radius 2 is 2.21 bits per heavy atom. The van der Waals surface area contributed by atoms with Crippen LogP contribution in [0.1, 0.15) is 41.6 Å². The van der Waals surface area contributed by atoms with E-state index in [0.29, 0.717) is 11.5 Å². The topological polar surface area (TPSA) is 72.4 Å². The van der Waals surface area contributed by atoms with Crippen molar-refractivity contribution in [2.75, 3.05) is 6.54 Å². The fraction of sp³-hybridized carbons (Fsp3) is 0.500. The van der Waals surface area contributed by atoms with Gasteiger partial charge >= 0.3 is 0 Å². The van der Waals surface area contributed by atoms with Crippen LogP contribution < -0.4 is 5.73 Å². The molecule has 5 nitrogen and oxygen atoms in total. The van der Waals surface area contributed by atoms with Crippen molar-refractivity contribution >= 4 is 42.1 Å². The van der Waals surface area contributed by atoms with Crippen molar-refractivity contribution in [1.82, 2.24) is 9.88 Å². The van der Waals surface area contributed by atoms with Crippen LogP contribution in [0.2, 0.25) is 0 Å². The lowest BCUT2D eigenvalue weighted by molar-refractivity contribution is 0.0578. The maximum Gasteiger partial charge on any atom is 0.273 e. The van der Waals surface area contributed by atoms with Gasteiger partial charge < -0.3 is 15.1 Å². The number of amides is 1. The highest BCUT2D eigenvalue weighted by atomic mass is 35.5. The molecule has 0 bridgehead atoms. The van der Waals surface area contributed by atoms with E-state index in [1.807, 2.05) is 30.9 Å². The molecule has 2 N–H and O–H groups in total. The van der Waals surface area contributed by atoms with Crippen molar-refractivity contribution in [3.05, 3.63) is 29.0 Å². The molecule has 24 heavy (non-hydrogen) atoms. The van der Waals surface area contributed by atoms with Crippen LogP contribution in [0, 0.1) is 6.92 Å². The maximum atomic E-state index is 12.9. The lowest BCUT2D eigenvalue weighted by atomic mass is 9.96. The van der Waals surface area contributed by atoms with E-state index in [9.17, 15) is 4.79 Å². The molecule has 3 rings (SSSR count). The summed E-state index contributed by atoms with van der Waals surface area (Å²) in [6, 6.07) is 3.77.